The summed E-state index contributed by atoms with van der Waals surface area (Å²) in [6, 6.07) is 12.3. The van der Waals surface area contributed by atoms with Crippen molar-refractivity contribution in [1.29, 1.82) is 0 Å². The largest absolute Gasteiger partial charge is 0.350 e. The molecule has 2 aromatic rings. The Labute approximate surface area is 185 Å². The summed E-state index contributed by atoms with van der Waals surface area (Å²) in [5.41, 5.74) is 3.37. The van der Waals surface area contributed by atoms with Crippen molar-refractivity contribution >= 4 is 35.6 Å². The molecule has 0 saturated heterocycles. The molecular weight excluding hydrogens is 416 g/mol. The zero-order valence-electron chi connectivity index (χ0n) is 17.0. The standard InChI is InChI=1S/C22H26N4O4S/c27-20(9-8-17-5-2-1-3-6-17)25-19(16-31-14-4-7-21(28)26-30)22(29)24-15-18-10-12-23-13-11-18/h1-3,5-6,8-13,19,30H,4,7,14-16H2,(H,24,29)(H,25,27)(H,26,28)/b9-8+/t19-/m0/s1. The minimum absolute atomic E-state index is 0.189. The van der Waals surface area contributed by atoms with Crippen LogP contribution in [-0.2, 0) is 20.9 Å². The topological polar surface area (TPSA) is 120 Å². The number of rotatable bonds is 12. The molecule has 0 fully saturated rings. The average Bonchev–Trinajstić information content (AvgIpc) is 2.81. The van der Waals surface area contributed by atoms with E-state index in [0.29, 0.717) is 24.5 Å². The summed E-state index contributed by atoms with van der Waals surface area (Å²) >= 11 is 1.45. The maximum atomic E-state index is 12.7. The van der Waals surface area contributed by atoms with E-state index in [1.807, 2.05) is 30.3 Å². The highest BCUT2D eigenvalue weighted by atomic mass is 32.2. The molecule has 0 bridgehead atoms. The van der Waals surface area contributed by atoms with Crippen molar-refractivity contribution in [3.05, 3.63) is 72.1 Å². The lowest BCUT2D eigenvalue weighted by molar-refractivity contribution is -0.129. The molecule has 3 amide bonds. The number of hydroxylamine groups is 1. The Morgan fingerprint density at radius 1 is 1.10 bits per heavy atom. The van der Waals surface area contributed by atoms with Crippen LogP contribution in [0.3, 0.4) is 0 Å². The number of benzene rings is 1. The number of nitrogens with zero attached hydrogens (tertiary/aromatic N) is 1. The third-order valence-corrected chi connectivity index (χ3v) is 5.32. The van der Waals surface area contributed by atoms with Crippen LogP contribution in [0.15, 0.2) is 60.9 Å². The number of hydrogen-bond donors (Lipinski definition) is 4. The summed E-state index contributed by atoms with van der Waals surface area (Å²) in [6.07, 6.45) is 7.11. The molecule has 8 nitrogen and oxygen atoms in total. The Morgan fingerprint density at radius 2 is 1.84 bits per heavy atom. The number of aromatic nitrogens is 1. The predicted molar refractivity (Wildman–Crippen MR) is 120 cm³/mol. The van der Waals surface area contributed by atoms with Crippen molar-refractivity contribution in [2.45, 2.75) is 25.4 Å². The predicted octanol–water partition coefficient (Wildman–Crippen LogP) is 1.91. The number of carbonyl (C=O) groups is 3. The number of thioether (sulfide) groups is 1. The van der Waals surface area contributed by atoms with E-state index < -0.39 is 11.9 Å². The van der Waals surface area contributed by atoms with E-state index in [0.717, 1.165) is 11.1 Å². The van der Waals surface area contributed by atoms with Gasteiger partial charge >= 0.3 is 0 Å². The van der Waals surface area contributed by atoms with E-state index >= 15 is 0 Å². The van der Waals surface area contributed by atoms with Crippen LogP contribution in [0.1, 0.15) is 24.0 Å². The van der Waals surface area contributed by atoms with E-state index in [1.54, 1.807) is 36.1 Å². The Balaban J connectivity index is 1.90. The molecule has 0 aliphatic heterocycles. The van der Waals surface area contributed by atoms with E-state index in [1.165, 1.54) is 17.8 Å². The van der Waals surface area contributed by atoms with Crippen molar-refractivity contribution in [3.63, 3.8) is 0 Å². The lowest BCUT2D eigenvalue weighted by Gasteiger charge is -2.17. The highest BCUT2D eigenvalue weighted by Crippen LogP contribution is 2.08. The highest BCUT2D eigenvalue weighted by molar-refractivity contribution is 7.99. The van der Waals surface area contributed by atoms with Gasteiger partial charge < -0.3 is 10.6 Å². The number of pyridine rings is 1. The minimum atomic E-state index is -0.730. The molecule has 1 aromatic heterocycles. The van der Waals surface area contributed by atoms with Gasteiger partial charge in [0.1, 0.15) is 6.04 Å². The first kappa shape index (κ1) is 24.1. The molecule has 2 rings (SSSR count). The molecule has 164 valence electrons. The van der Waals surface area contributed by atoms with Crippen LogP contribution in [0.2, 0.25) is 0 Å². The number of hydrogen-bond acceptors (Lipinski definition) is 6. The monoisotopic (exact) mass is 442 g/mol. The van der Waals surface area contributed by atoms with E-state index in [-0.39, 0.29) is 18.2 Å². The molecule has 1 atom stereocenters. The molecule has 0 saturated carbocycles. The van der Waals surface area contributed by atoms with Gasteiger partial charge in [-0.2, -0.15) is 11.8 Å². The van der Waals surface area contributed by atoms with Gasteiger partial charge in [0.25, 0.3) is 0 Å². The molecule has 9 heteroatoms. The minimum Gasteiger partial charge on any atom is -0.350 e. The second-order valence-electron chi connectivity index (χ2n) is 6.59. The second kappa shape index (κ2) is 13.9. The van der Waals surface area contributed by atoms with Crippen molar-refractivity contribution in [2.24, 2.45) is 0 Å². The number of carbonyl (C=O) groups excluding carboxylic acids is 3. The van der Waals surface area contributed by atoms with E-state index in [2.05, 4.69) is 15.6 Å². The maximum absolute atomic E-state index is 12.7. The molecule has 1 heterocycles. The number of amides is 3. The molecule has 0 radical (unpaired) electrons. The highest BCUT2D eigenvalue weighted by Gasteiger charge is 2.19. The van der Waals surface area contributed by atoms with Gasteiger partial charge in [-0.25, -0.2) is 5.48 Å². The summed E-state index contributed by atoms with van der Waals surface area (Å²) < 4.78 is 0. The smallest absolute Gasteiger partial charge is 0.244 e. The molecular formula is C22H26N4O4S. The van der Waals surface area contributed by atoms with Crippen LogP contribution in [0.25, 0.3) is 6.08 Å². The van der Waals surface area contributed by atoms with Gasteiger partial charge in [0.05, 0.1) is 0 Å². The molecule has 4 N–H and O–H groups in total. The molecule has 0 spiro atoms. The Kier molecular flexibility index (Phi) is 10.8. The lowest BCUT2D eigenvalue weighted by Crippen LogP contribution is -2.47. The molecule has 1 aromatic carbocycles. The van der Waals surface area contributed by atoms with Gasteiger partial charge in [-0.3, -0.25) is 24.6 Å². The number of nitrogens with one attached hydrogen (secondary N) is 3. The fourth-order valence-electron chi connectivity index (χ4n) is 2.54. The third-order valence-electron chi connectivity index (χ3n) is 4.18. The molecule has 0 aliphatic carbocycles. The van der Waals surface area contributed by atoms with Crippen molar-refractivity contribution in [1.82, 2.24) is 21.1 Å². The second-order valence-corrected chi connectivity index (χ2v) is 7.74. The van der Waals surface area contributed by atoms with Crippen LogP contribution in [-0.4, -0.2) is 45.5 Å². The van der Waals surface area contributed by atoms with Gasteiger partial charge in [0, 0.05) is 37.2 Å². The van der Waals surface area contributed by atoms with Gasteiger partial charge in [0.2, 0.25) is 17.7 Å². The van der Waals surface area contributed by atoms with Crippen LogP contribution in [0.5, 0.6) is 0 Å². The summed E-state index contributed by atoms with van der Waals surface area (Å²) in [5, 5.41) is 14.1. The first-order chi connectivity index (χ1) is 15.1. The zero-order valence-corrected chi connectivity index (χ0v) is 17.8. The lowest BCUT2D eigenvalue weighted by atomic mass is 10.2. The summed E-state index contributed by atoms with van der Waals surface area (Å²) in [7, 11) is 0. The quantitative estimate of drug-likeness (QED) is 0.173. The average molecular weight is 443 g/mol. The fourth-order valence-corrected chi connectivity index (χ4v) is 3.53. The Morgan fingerprint density at radius 3 is 2.55 bits per heavy atom. The first-order valence-corrected chi connectivity index (χ1v) is 10.9. The van der Waals surface area contributed by atoms with E-state index in [4.69, 9.17) is 5.21 Å². The van der Waals surface area contributed by atoms with Gasteiger partial charge in [-0.05, 0) is 41.5 Å². The summed E-state index contributed by atoms with van der Waals surface area (Å²) in [4.78, 5) is 40.0. The van der Waals surface area contributed by atoms with Crippen LogP contribution >= 0.6 is 11.8 Å². The van der Waals surface area contributed by atoms with Crippen molar-refractivity contribution in [2.75, 3.05) is 11.5 Å². The third kappa shape index (κ3) is 9.92. The summed E-state index contributed by atoms with van der Waals surface area (Å²) in [6.45, 7) is 0.328. The van der Waals surface area contributed by atoms with Crippen LogP contribution in [0, 0.1) is 0 Å². The SMILES string of the molecule is O=C(/C=C/c1ccccc1)N[C@@H](CSCCCC(=O)NO)C(=O)NCc1ccncc1. The maximum Gasteiger partial charge on any atom is 0.244 e. The van der Waals surface area contributed by atoms with Gasteiger partial charge in [-0.1, -0.05) is 30.3 Å². The Bertz CT molecular complexity index is 862. The van der Waals surface area contributed by atoms with Crippen molar-refractivity contribution in [3.8, 4) is 0 Å². The zero-order chi connectivity index (χ0) is 22.3. The van der Waals surface area contributed by atoms with Crippen LogP contribution < -0.4 is 16.1 Å². The normalized spacial score (nSPS) is 11.6. The molecule has 31 heavy (non-hydrogen) atoms. The van der Waals surface area contributed by atoms with Gasteiger partial charge in [-0.15, -0.1) is 0 Å². The van der Waals surface area contributed by atoms with E-state index in [9.17, 15) is 14.4 Å². The molecule has 0 unspecified atom stereocenters. The van der Waals surface area contributed by atoms with Crippen molar-refractivity contribution < 1.29 is 19.6 Å². The Hall–Kier alpha value is -3.17. The summed E-state index contributed by atoms with van der Waals surface area (Å²) in [5.74, 6) is -0.149. The first-order valence-electron chi connectivity index (χ1n) is 9.79. The van der Waals surface area contributed by atoms with Crippen LogP contribution in [0.4, 0.5) is 0 Å². The fraction of sp³-hybridized carbons (Fsp3) is 0.273. The molecule has 0 aliphatic rings. The van der Waals surface area contributed by atoms with Gasteiger partial charge in [0.15, 0.2) is 0 Å².